The molecule has 0 aliphatic rings. The Morgan fingerprint density at radius 1 is 1.17 bits per heavy atom. The molecule has 1 N–H and O–H groups in total. The van der Waals surface area contributed by atoms with Crippen LogP contribution in [0.1, 0.15) is 5.56 Å². The highest BCUT2D eigenvalue weighted by Gasteiger charge is 2.15. The number of carbonyl (C=O) groups is 1. The van der Waals surface area contributed by atoms with Gasteiger partial charge in [0.15, 0.2) is 18.1 Å². The van der Waals surface area contributed by atoms with Crippen LogP contribution in [0, 0.1) is 12.7 Å². The molecule has 2 aromatic rings. The van der Waals surface area contributed by atoms with Crippen LogP contribution < -0.4 is 19.5 Å². The van der Waals surface area contributed by atoms with Gasteiger partial charge >= 0.3 is 0 Å². The molecule has 0 aromatic heterocycles. The number of rotatable bonds is 6. The minimum absolute atomic E-state index is 0.0735. The van der Waals surface area contributed by atoms with Gasteiger partial charge in [-0.05, 0) is 42.8 Å². The number of ether oxygens (including phenoxy) is 3. The second-order valence-corrected chi connectivity index (χ2v) is 5.37. The minimum Gasteiger partial charge on any atom is -0.493 e. The van der Waals surface area contributed by atoms with E-state index in [1.165, 1.54) is 32.4 Å². The SMILES string of the molecule is COc1cc(C)cc(OC)c1OCC(=O)Nc1ccc(F)c(Cl)c1. The molecule has 0 radical (unpaired) electrons. The lowest BCUT2D eigenvalue weighted by atomic mass is 10.2. The first-order valence-electron chi connectivity index (χ1n) is 7.05. The lowest BCUT2D eigenvalue weighted by Gasteiger charge is -2.15. The van der Waals surface area contributed by atoms with Gasteiger partial charge in [0.05, 0.1) is 19.2 Å². The van der Waals surface area contributed by atoms with Crippen LogP contribution in [-0.2, 0) is 4.79 Å². The van der Waals surface area contributed by atoms with Crippen molar-refractivity contribution in [3.8, 4) is 17.2 Å². The average molecular weight is 354 g/mol. The first-order chi connectivity index (χ1) is 11.4. The molecule has 5 nitrogen and oxygen atoms in total. The summed E-state index contributed by atoms with van der Waals surface area (Å²) in [5.41, 5.74) is 1.30. The summed E-state index contributed by atoms with van der Waals surface area (Å²) in [6.45, 7) is 1.62. The van der Waals surface area contributed by atoms with Crippen LogP contribution in [0.15, 0.2) is 30.3 Å². The predicted octanol–water partition coefficient (Wildman–Crippen LogP) is 3.82. The highest BCUT2D eigenvalue weighted by Crippen LogP contribution is 2.38. The first-order valence-corrected chi connectivity index (χ1v) is 7.42. The number of methoxy groups -OCH3 is 2. The maximum atomic E-state index is 13.1. The quantitative estimate of drug-likeness (QED) is 0.857. The third-order valence-corrected chi connectivity index (χ3v) is 3.45. The van der Waals surface area contributed by atoms with E-state index in [2.05, 4.69) is 5.32 Å². The Bertz CT molecular complexity index is 726. The summed E-state index contributed by atoms with van der Waals surface area (Å²) in [7, 11) is 3.00. The Kier molecular flexibility index (Phi) is 5.87. The van der Waals surface area contributed by atoms with Gasteiger partial charge in [-0.3, -0.25) is 4.79 Å². The lowest BCUT2D eigenvalue weighted by Crippen LogP contribution is -2.20. The molecule has 0 atom stereocenters. The van der Waals surface area contributed by atoms with E-state index >= 15 is 0 Å². The van der Waals surface area contributed by atoms with Crippen LogP contribution in [0.4, 0.5) is 10.1 Å². The number of hydrogen-bond acceptors (Lipinski definition) is 4. The zero-order valence-electron chi connectivity index (χ0n) is 13.5. The van der Waals surface area contributed by atoms with Gasteiger partial charge in [0, 0.05) is 5.69 Å². The number of anilines is 1. The summed E-state index contributed by atoms with van der Waals surface area (Å²) < 4.78 is 29.1. The van der Waals surface area contributed by atoms with Gasteiger partial charge in [-0.15, -0.1) is 0 Å². The van der Waals surface area contributed by atoms with Gasteiger partial charge in [0.1, 0.15) is 5.82 Å². The zero-order valence-corrected chi connectivity index (χ0v) is 14.2. The molecule has 24 heavy (non-hydrogen) atoms. The van der Waals surface area contributed by atoms with Gasteiger partial charge in [-0.2, -0.15) is 0 Å². The summed E-state index contributed by atoms with van der Waals surface area (Å²) in [6, 6.07) is 7.45. The summed E-state index contributed by atoms with van der Waals surface area (Å²) in [5, 5.41) is 2.50. The number of benzene rings is 2. The van der Waals surface area contributed by atoms with E-state index in [1.54, 1.807) is 12.1 Å². The van der Waals surface area contributed by atoms with Gasteiger partial charge in [0.25, 0.3) is 5.91 Å². The van der Waals surface area contributed by atoms with Gasteiger partial charge < -0.3 is 19.5 Å². The molecule has 0 spiro atoms. The Labute approximate surface area is 144 Å². The Morgan fingerprint density at radius 2 is 1.79 bits per heavy atom. The highest BCUT2D eigenvalue weighted by molar-refractivity contribution is 6.31. The summed E-state index contributed by atoms with van der Waals surface area (Å²) in [5.74, 6) is 0.272. The number of nitrogens with one attached hydrogen (secondary N) is 1. The standard InChI is InChI=1S/C17H17ClFNO4/c1-10-6-14(22-2)17(15(7-10)23-3)24-9-16(21)20-11-4-5-13(19)12(18)8-11/h4-8H,9H2,1-3H3,(H,20,21). The van der Waals surface area contributed by atoms with Crippen molar-refractivity contribution < 1.29 is 23.4 Å². The van der Waals surface area contributed by atoms with E-state index in [0.29, 0.717) is 22.9 Å². The molecule has 0 heterocycles. The molecule has 128 valence electrons. The molecule has 0 aliphatic heterocycles. The second kappa shape index (κ2) is 7.88. The maximum absolute atomic E-state index is 13.1. The van der Waals surface area contributed by atoms with Gasteiger partial charge in [0.2, 0.25) is 5.75 Å². The number of halogens is 2. The van der Waals surface area contributed by atoms with E-state index in [1.807, 2.05) is 6.92 Å². The van der Waals surface area contributed by atoms with Crippen molar-refractivity contribution in [2.24, 2.45) is 0 Å². The van der Waals surface area contributed by atoms with Crippen LogP contribution in [-0.4, -0.2) is 26.7 Å². The van der Waals surface area contributed by atoms with E-state index in [9.17, 15) is 9.18 Å². The van der Waals surface area contributed by atoms with Crippen LogP contribution in [0.2, 0.25) is 5.02 Å². The molecule has 0 saturated carbocycles. The molecule has 0 bridgehead atoms. The third kappa shape index (κ3) is 4.29. The fraction of sp³-hybridized carbons (Fsp3) is 0.235. The molecular formula is C17H17ClFNO4. The normalized spacial score (nSPS) is 10.2. The highest BCUT2D eigenvalue weighted by atomic mass is 35.5. The summed E-state index contributed by atoms with van der Waals surface area (Å²) in [4.78, 5) is 12.0. The average Bonchev–Trinajstić information content (AvgIpc) is 2.56. The van der Waals surface area contributed by atoms with Crippen LogP contribution >= 0.6 is 11.6 Å². The predicted molar refractivity (Wildman–Crippen MR) is 89.8 cm³/mol. The molecule has 1 amide bonds. The van der Waals surface area contributed by atoms with Crippen molar-refractivity contribution in [2.75, 3.05) is 26.1 Å². The number of carbonyl (C=O) groups excluding carboxylic acids is 1. The molecule has 0 saturated heterocycles. The molecule has 0 aliphatic carbocycles. The van der Waals surface area contributed by atoms with Crippen molar-refractivity contribution in [1.82, 2.24) is 0 Å². The Hall–Kier alpha value is -2.47. The largest absolute Gasteiger partial charge is 0.493 e. The first kappa shape index (κ1) is 17.9. The maximum Gasteiger partial charge on any atom is 0.262 e. The van der Waals surface area contributed by atoms with Crippen LogP contribution in [0.5, 0.6) is 17.2 Å². The van der Waals surface area contributed by atoms with E-state index in [4.69, 9.17) is 25.8 Å². The molecule has 7 heteroatoms. The summed E-state index contributed by atoms with van der Waals surface area (Å²) in [6.07, 6.45) is 0. The third-order valence-electron chi connectivity index (χ3n) is 3.16. The zero-order chi connectivity index (χ0) is 17.7. The number of amides is 1. The lowest BCUT2D eigenvalue weighted by molar-refractivity contribution is -0.118. The fourth-order valence-corrected chi connectivity index (χ4v) is 2.24. The summed E-state index contributed by atoms with van der Waals surface area (Å²) >= 11 is 5.67. The van der Waals surface area contributed by atoms with Crippen molar-refractivity contribution in [3.63, 3.8) is 0 Å². The van der Waals surface area contributed by atoms with Gasteiger partial charge in [-0.1, -0.05) is 11.6 Å². The van der Waals surface area contributed by atoms with Crippen molar-refractivity contribution in [2.45, 2.75) is 6.92 Å². The smallest absolute Gasteiger partial charge is 0.262 e. The molecular weight excluding hydrogens is 337 g/mol. The minimum atomic E-state index is -0.556. The van der Waals surface area contributed by atoms with E-state index in [-0.39, 0.29) is 11.6 Å². The molecule has 2 aromatic carbocycles. The van der Waals surface area contributed by atoms with E-state index in [0.717, 1.165) is 5.56 Å². The van der Waals surface area contributed by atoms with Gasteiger partial charge in [-0.25, -0.2) is 4.39 Å². The molecule has 2 rings (SSSR count). The van der Waals surface area contributed by atoms with E-state index < -0.39 is 11.7 Å². The number of hydrogen-bond donors (Lipinski definition) is 1. The fourth-order valence-electron chi connectivity index (χ4n) is 2.06. The number of aryl methyl sites for hydroxylation is 1. The Balaban J connectivity index is 2.07. The van der Waals surface area contributed by atoms with Crippen molar-refractivity contribution in [1.29, 1.82) is 0 Å². The molecule has 0 fully saturated rings. The van der Waals surface area contributed by atoms with Crippen molar-refractivity contribution in [3.05, 3.63) is 46.7 Å². The molecule has 0 unspecified atom stereocenters. The second-order valence-electron chi connectivity index (χ2n) is 4.96. The monoisotopic (exact) mass is 353 g/mol. The van der Waals surface area contributed by atoms with Crippen molar-refractivity contribution >= 4 is 23.2 Å². The topological polar surface area (TPSA) is 56.8 Å². The Morgan fingerprint density at radius 3 is 2.33 bits per heavy atom. The van der Waals surface area contributed by atoms with Crippen LogP contribution in [0.25, 0.3) is 0 Å². The van der Waals surface area contributed by atoms with Crippen LogP contribution in [0.3, 0.4) is 0 Å².